The Labute approximate surface area is 119 Å². The van der Waals surface area contributed by atoms with Crippen LogP contribution in [0.4, 0.5) is 25.1 Å². The van der Waals surface area contributed by atoms with E-state index in [1.807, 2.05) is 0 Å². The first kappa shape index (κ1) is 13.7. The Balaban J connectivity index is 2.01. The van der Waals surface area contributed by atoms with Crippen molar-refractivity contribution < 1.29 is 13.2 Å². The number of fused-ring (bicyclic) bond motifs is 1. The molecular formula is C13H14F3N5. The van der Waals surface area contributed by atoms with Crippen molar-refractivity contribution in [3.05, 3.63) is 35.4 Å². The van der Waals surface area contributed by atoms with E-state index < -0.39 is 11.7 Å². The number of halogens is 3. The van der Waals surface area contributed by atoms with Crippen LogP contribution in [0.25, 0.3) is 0 Å². The Kier molecular flexibility index (Phi) is 3.23. The van der Waals surface area contributed by atoms with Gasteiger partial charge < -0.3 is 10.6 Å². The molecule has 0 bridgehead atoms. The molecule has 0 aliphatic carbocycles. The summed E-state index contributed by atoms with van der Waals surface area (Å²) in [5, 5.41) is 10.2. The summed E-state index contributed by atoms with van der Waals surface area (Å²) in [6.45, 7) is 0.642. The average molecular weight is 297 g/mol. The van der Waals surface area contributed by atoms with Crippen LogP contribution in [0.5, 0.6) is 0 Å². The normalized spacial score (nSPS) is 18.0. The Morgan fingerprint density at radius 2 is 2.19 bits per heavy atom. The maximum atomic E-state index is 12.8. The van der Waals surface area contributed by atoms with Crippen LogP contribution in [-0.2, 0) is 6.18 Å². The number of nitrogens with zero attached hydrogens (tertiary/aromatic N) is 3. The van der Waals surface area contributed by atoms with Crippen LogP contribution in [0.15, 0.2) is 24.3 Å². The number of rotatable bonds is 2. The van der Waals surface area contributed by atoms with Crippen molar-refractivity contribution in [3.8, 4) is 0 Å². The van der Waals surface area contributed by atoms with Crippen LogP contribution in [0, 0.1) is 0 Å². The first-order valence-corrected chi connectivity index (χ1v) is 6.54. The van der Waals surface area contributed by atoms with E-state index in [1.165, 1.54) is 12.1 Å². The summed E-state index contributed by atoms with van der Waals surface area (Å²) < 4.78 is 40.1. The van der Waals surface area contributed by atoms with Crippen molar-refractivity contribution >= 4 is 11.9 Å². The second kappa shape index (κ2) is 4.94. The summed E-state index contributed by atoms with van der Waals surface area (Å²) in [7, 11) is 1.70. The molecule has 5 nitrogen and oxygen atoms in total. The third-order valence-corrected chi connectivity index (χ3v) is 3.45. The van der Waals surface area contributed by atoms with Crippen molar-refractivity contribution in [1.82, 2.24) is 14.8 Å². The lowest BCUT2D eigenvalue weighted by atomic mass is 10.0. The highest BCUT2D eigenvalue weighted by Gasteiger charge is 2.32. The first-order chi connectivity index (χ1) is 9.99. The number of alkyl halides is 3. The van der Waals surface area contributed by atoms with Gasteiger partial charge in [0.25, 0.3) is 0 Å². The molecule has 2 aromatic rings. The Morgan fingerprint density at radius 3 is 2.90 bits per heavy atom. The molecule has 2 heterocycles. The van der Waals surface area contributed by atoms with Gasteiger partial charge in [-0.3, -0.25) is 0 Å². The zero-order valence-corrected chi connectivity index (χ0v) is 11.3. The molecule has 0 saturated heterocycles. The summed E-state index contributed by atoms with van der Waals surface area (Å²) in [6.07, 6.45) is -3.69. The molecule has 1 aliphatic rings. The molecule has 0 saturated carbocycles. The van der Waals surface area contributed by atoms with E-state index in [0.717, 1.165) is 6.07 Å². The molecular weight excluding hydrogens is 283 g/mol. The van der Waals surface area contributed by atoms with Gasteiger partial charge in [0.05, 0.1) is 11.6 Å². The van der Waals surface area contributed by atoms with Gasteiger partial charge >= 0.3 is 6.18 Å². The standard InChI is InChI=1S/C13H14F3N5/c1-17-11-19-12-18-6-5-10(21(12)20-11)8-3-2-4-9(7-8)13(14,15)16/h2-4,7,10H,5-6H2,1H3,(H2,17,18,19,20). The van der Waals surface area contributed by atoms with Gasteiger partial charge in [0, 0.05) is 13.6 Å². The average Bonchev–Trinajstić information content (AvgIpc) is 2.89. The van der Waals surface area contributed by atoms with Gasteiger partial charge in [-0.2, -0.15) is 18.2 Å². The fourth-order valence-corrected chi connectivity index (χ4v) is 2.44. The molecule has 0 radical (unpaired) electrons. The molecule has 3 rings (SSSR count). The van der Waals surface area contributed by atoms with Gasteiger partial charge in [0.2, 0.25) is 11.9 Å². The topological polar surface area (TPSA) is 54.8 Å². The molecule has 1 aromatic heterocycles. The molecule has 21 heavy (non-hydrogen) atoms. The van der Waals surface area contributed by atoms with E-state index >= 15 is 0 Å². The second-order valence-corrected chi connectivity index (χ2v) is 4.81. The van der Waals surface area contributed by atoms with Gasteiger partial charge in [0.1, 0.15) is 0 Å². The number of hydrogen-bond acceptors (Lipinski definition) is 4. The minimum absolute atomic E-state index is 0.252. The van der Waals surface area contributed by atoms with E-state index in [1.54, 1.807) is 17.8 Å². The molecule has 0 spiro atoms. The van der Waals surface area contributed by atoms with Crippen LogP contribution in [0.2, 0.25) is 0 Å². The first-order valence-electron chi connectivity index (χ1n) is 6.54. The van der Waals surface area contributed by atoms with Crippen LogP contribution in [-0.4, -0.2) is 28.4 Å². The third-order valence-electron chi connectivity index (χ3n) is 3.45. The molecule has 2 N–H and O–H groups in total. The lowest BCUT2D eigenvalue weighted by Crippen LogP contribution is -2.25. The van der Waals surface area contributed by atoms with Crippen LogP contribution in [0.1, 0.15) is 23.6 Å². The highest BCUT2D eigenvalue weighted by Crippen LogP contribution is 2.34. The largest absolute Gasteiger partial charge is 0.416 e. The quantitative estimate of drug-likeness (QED) is 0.895. The highest BCUT2D eigenvalue weighted by atomic mass is 19.4. The van der Waals surface area contributed by atoms with Crippen LogP contribution >= 0.6 is 0 Å². The van der Waals surface area contributed by atoms with Gasteiger partial charge in [-0.25, -0.2) is 4.68 Å². The number of nitrogens with one attached hydrogen (secondary N) is 2. The van der Waals surface area contributed by atoms with E-state index in [0.29, 0.717) is 30.4 Å². The predicted octanol–water partition coefficient (Wildman–Crippen LogP) is 2.74. The molecule has 0 amide bonds. The molecule has 1 atom stereocenters. The monoisotopic (exact) mass is 297 g/mol. The minimum Gasteiger partial charge on any atom is -0.356 e. The zero-order chi connectivity index (χ0) is 15.0. The second-order valence-electron chi connectivity index (χ2n) is 4.81. The number of benzene rings is 1. The van der Waals surface area contributed by atoms with E-state index in [4.69, 9.17) is 0 Å². The Hall–Kier alpha value is -2.25. The van der Waals surface area contributed by atoms with Gasteiger partial charge in [-0.15, -0.1) is 5.10 Å². The molecule has 1 unspecified atom stereocenters. The Bertz CT molecular complexity index is 649. The fourth-order valence-electron chi connectivity index (χ4n) is 2.44. The van der Waals surface area contributed by atoms with Crippen molar-refractivity contribution in [1.29, 1.82) is 0 Å². The summed E-state index contributed by atoms with van der Waals surface area (Å²) >= 11 is 0. The smallest absolute Gasteiger partial charge is 0.356 e. The van der Waals surface area contributed by atoms with Gasteiger partial charge in [-0.05, 0) is 24.1 Å². The summed E-state index contributed by atoms with van der Waals surface area (Å²) in [5.74, 6) is 1.00. The van der Waals surface area contributed by atoms with Crippen molar-refractivity contribution in [3.63, 3.8) is 0 Å². The van der Waals surface area contributed by atoms with E-state index in [9.17, 15) is 13.2 Å². The summed E-state index contributed by atoms with van der Waals surface area (Å²) in [6, 6.07) is 5.12. The lowest BCUT2D eigenvalue weighted by Gasteiger charge is -2.25. The van der Waals surface area contributed by atoms with Crippen molar-refractivity contribution in [2.24, 2.45) is 0 Å². The summed E-state index contributed by atoms with van der Waals surface area (Å²) in [5.41, 5.74) is -0.0610. The molecule has 1 aliphatic heterocycles. The number of anilines is 2. The predicted molar refractivity (Wildman–Crippen MR) is 72.3 cm³/mol. The van der Waals surface area contributed by atoms with Crippen molar-refractivity contribution in [2.75, 3.05) is 24.2 Å². The maximum Gasteiger partial charge on any atom is 0.416 e. The van der Waals surface area contributed by atoms with E-state index in [2.05, 4.69) is 20.7 Å². The molecule has 112 valence electrons. The Morgan fingerprint density at radius 1 is 1.38 bits per heavy atom. The number of hydrogen-bond donors (Lipinski definition) is 2. The van der Waals surface area contributed by atoms with Gasteiger partial charge in [0.15, 0.2) is 0 Å². The maximum absolute atomic E-state index is 12.8. The number of aromatic nitrogens is 3. The highest BCUT2D eigenvalue weighted by molar-refractivity contribution is 5.39. The lowest BCUT2D eigenvalue weighted by molar-refractivity contribution is -0.137. The molecule has 1 aromatic carbocycles. The van der Waals surface area contributed by atoms with Gasteiger partial charge in [-0.1, -0.05) is 12.1 Å². The summed E-state index contributed by atoms with van der Waals surface area (Å²) in [4.78, 5) is 4.22. The van der Waals surface area contributed by atoms with E-state index in [-0.39, 0.29) is 6.04 Å². The van der Waals surface area contributed by atoms with Crippen molar-refractivity contribution in [2.45, 2.75) is 18.6 Å². The molecule has 8 heteroatoms. The van der Waals surface area contributed by atoms with Crippen LogP contribution in [0.3, 0.4) is 0 Å². The minimum atomic E-state index is -4.34. The third kappa shape index (κ3) is 2.53. The van der Waals surface area contributed by atoms with Crippen LogP contribution < -0.4 is 10.6 Å². The SMILES string of the molecule is CNc1nc2n(n1)C(c1cccc(C(F)(F)F)c1)CCN2. The fraction of sp³-hybridized carbons (Fsp3) is 0.385. The zero-order valence-electron chi connectivity index (χ0n) is 11.3. The molecule has 0 fully saturated rings.